The summed E-state index contributed by atoms with van der Waals surface area (Å²) in [6.45, 7) is 4.25. The van der Waals surface area contributed by atoms with E-state index in [1.165, 1.54) is 5.56 Å². The van der Waals surface area contributed by atoms with Gasteiger partial charge in [-0.25, -0.2) is 4.79 Å². The maximum atomic E-state index is 14.1. The normalized spacial score (nSPS) is 11.8. The lowest BCUT2D eigenvalue weighted by Gasteiger charge is -2.35. The quantitative estimate of drug-likeness (QED) is 0.147. The Balaban J connectivity index is 0.000000771. The van der Waals surface area contributed by atoms with E-state index < -0.39 is 18.2 Å². The molecule has 0 aromatic heterocycles. The Labute approximate surface area is 272 Å². The summed E-state index contributed by atoms with van der Waals surface area (Å²) < 4.78 is 42.7. The van der Waals surface area contributed by atoms with Crippen molar-refractivity contribution in [2.75, 3.05) is 19.5 Å². The smallest absolute Gasteiger partial charge is 0.490 e. The molecule has 0 fully saturated rings. The molecule has 248 valence electrons. The molecule has 0 aliphatic rings. The zero-order valence-electron chi connectivity index (χ0n) is 26.6. The van der Waals surface area contributed by atoms with Crippen molar-refractivity contribution < 1.29 is 37.3 Å². The van der Waals surface area contributed by atoms with Crippen LogP contribution in [-0.2, 0) is 22.4 Å². The maximum absolute atomic E-state index is 14.1. The second kappa shape index (κ2) is 16.4. The van der Waals surface area contributed by atoms with Crippen LogP contribution in [0.3, 0.4) is 0 Å². The molecule has 4 rings (SSSR count). The fraction of sp³-hybridized carbons (Fsp3) is 0.306. The van der Waals surface area contributed by atoms with Crippen molar-refractivity contribution in [1.29, 1.82) is 5.26 Å². The maximum Gasteiger partial charge on any atom is 0.490 e. The number of amides is 1. The van der Waals surface area contributed by atoms with Gasteiger partial charge in [-0.15, -0.1) is 0 Å². The fourth-order valence-corrected chi connectivity index (χ4v) is 5.22. The largest absolute Gasteiger partial charge is 0.493 e. The Hall–Kier alpha value is -5.24. The summed E-state index contributed by atoms with van der Waals surface area (Å²) in [7, 11) is 3.21. The first-order valence-electron chi connectivity index (χ1n) is 15.0. The number of ether oxygens (including phenoxy) is 2. The van der Waals surface area contributed by atoms with E-state index in [4.69, 9.17) is 19.4 Å². The van der Waals surface area contributed by atoms with Gasteiger partial charge in [-0.05, 0) is 54.7 Å². The van der Waals surface area contributed by atoms with Crippen molar-refractivity contribution in [3.63, 3.8) is 0 Å². The Bertz CT molecular complexity index is 1700. The van der Waals surface area contributed by atoms with Crippen LogP contribution in [0, 0.1) is 11.3 Å². The van der Waals surface area contributed by atoms with Crippen molar-refractivity contribution in [2.45, 2.75) is 57.3 Å². The summed E-state index contributed by atoms with van der Waals surface area (Å²) in [5.41, 5.74) is 3.14. The van der Waals surface area contributed by atoms with Crippen LogP contribution in [0.4, 0.5) is 18.9 Å². The van der Waals surface area contributed by atoms with E-state index in [1.54, 1.807) is 20.3 Å². The molecule has 1 atom stereocenters. The summed E-state index contributed by atoms with van der Waals surface area (Å²) in [5, 5.41) is 25.5. The zero-order chi connectivity index (χ0) is 34.6. The number of alkyl halides is 3. The minimum absolute atomic E-state index is 0.0807. The Kier molecular flexibility index (Phi) is 12.6. The van der Waals surface area contributed by atoms with Crippen molar-refractivity contribution in [3.05, 3.63) is 102 Å². The summed E-state index contributed by atoms with van der Waals surface area (Å²) in [6, 6.07) is 29.1. The molecule has 8 nitrogen and oxygen atoms in total. The van der Waals surface area contributed by atoms with Gasteiger partial charge < -0.3 is 25.2 Å². The highest BCUT2D eigenvalue weighted by atomic mass is 19.4. The number of nitrogens with one attached hydrogen (secondary N) is 2. The molecule has 1 amide bonds. The third kappa shape index (κ3) is 9.63. The monoisotopic (exact) mass is 649 g/mol. The van der Waals surface area contributed by atoms with Crippen molar-refractivity contribution in [1.82, 2.24) is 5.32 Å². The van der Waals surface area contributed by atoms with Gasteiger partial charge >= 0.3 is 12.1 Å². The van der Waals surface area contributed by atoms with Gasteiger partial charge in [0.15, 0.2) is 11.5 Å². The van der Waals surface area contributed by atoms with Gasteiger partial charge in [-0.2, -0.15) is 18.4 Å². The first-order chi connectivity index (χ1) is 22.4. The van der Waals surface area contributed by atoms with Crippen LogP contribution in [0.1, 0.15) is 43.4 Å². The minimum atomic E-state index is -5.08. The average Bonchev–Trinajstić information content (AvgIpc) is 3.07. The van der Waals surface area contributed by atoms with E-state index in [-0.39, 0.29) is 11.4 Å². The number of nitrogens with zero attached hydrogens (tertiary/aromatic N) is 1. The number of benzene rings is 4. The molecular formula is C36H38F3N3O5. The second-order valence-electron chi connectivity index (χ2n) is 10.9. The number of fused-ring (bicyclic) bond motifs is 1. The number of anilines is 1. The number of nitriles is 1. The van der Waals surface area contributed by atoms with Crippen molar-refractivity contribution in [3.8, 4) is 17.6 Å². The summed E-state index contributed by atoms with van der Waals surface area (Å²) in [5.74, 6) is -1.59. The minimum Gasteiger partial charge on any atom is -0.493 e. The lowest BCUT2D eigenvalue weighted by Crippen LogP contribution is -2.54. The van der Waals surface area contributed by atoms with Crippen LogP contribution >= 0.6 is 0 Å². The topological polar surface area (TPSA) is 121 Å². The lowest BCUT2D eigenvalue weighted by molar-refractivity contribution is -0.192. The van der Waals surface area contributed by atoms with Crippen LogP contribution in [0.15, 0.2) is 84.9 Å². The van der Waals surface area contributed by atoms with E-state index in [0.29, 0.717) is 23.5 Å². The number of hydrogen-bond donors (Lipinski definition) is 3. The van der Waals surface area contributed by atoms with Crippen molar-refractivity contribution >= 4 is 28.3 Å². The van der Waals surface area contributed by atoms with E-state index >= 15 is 0 Å². The molecule has 4 aromatic carbocycles. The Morgan fingerprint density at radius 2 is 1.45 bits per heavy atom. The highest BCUT2D eigenvalue weighted by Crippen LogP contribution is 2.31. The van der Waals surface area contributed by atoms with Crippen LogP contribution in [0.5, 0.6) is 11.5 Å². The van der Waals surface area contributed by atoms with Gasteiger partial charge in [0.25, 0.3) is 0 Å². The lowest BCUT2D eigenvalue weighted by atomic mass is 9.85. The number of methoxy groups -OCH3 is 2. The van der Waals surface area contributed by atoms with E-state index in [2.05, 4.69) is 42.7 Å². The number of rotatable bonds is 12. The van der Waals surface area contributed by atoms with E-state index in [9.17, 15) is 23.2 Å². The van der Waals surface area contributed by atoms with E-state index in [0.717, 1.165) is 41.3 Å². The van der Waals surface area contributed by atoms with Gasteiger partial charge in [-0.3, -0.25) is 4.79 Å². The third-order valence-corrected chi connectivity index (χ3v) is 7.95. The highest BCUT2D eigenvalue weighted by Gasteiger charge is 2.38. The number of carbonyl (C=O) groups excluding carboxylic acids is 1. The second-order valence-corrected chi connectivity index (χ2v) is 10.9. The van der Waals surface area contributed by atoms with Crippen LogP contribution in [0.25, 0.3) is 10.8 Å². The SMILES string of the molecule is CCC(CC)(Cc1ccccc1)NC(=O)[C@H](Cc1ccc(OC)c(OC)c1)Nc1ccc(C#N)c2ccccc12.O=C(O)C(F)(F)F. The molecule has 3 N–H and O–H groups in total. The van der Waals surface area contributed by atoms with Crippen molar-refractivity contribution in [2.24, 2.45) is 0 Å². The number of carboxylic acids is 1. The molecule has 11 heteroatoms. The third-order valence-electron chi connectivity index (χ3n) is 7.95. The van der Waals surface area contributed by atoms with Gasteiger partial charge in [-0.1, -0.05) is 74.5 Å². The molecule has 0 aliphatic carbocycles. The van der Waals surface area contributed by atoms with Gasteiger partial charge in [0, 0.05) is 28.4 Å². The zero-order valence-corrected chi connectivity index (χ0v) is 26.6. The Morgan fingerprint density at radius 1 is 0.851 bits per heavy atom. The number of aliphatic carboxylic acids is 1. The average molecular weight is 650 g/mol. The first kappa shape index (κ1) is 36.2. The van der Waals surface area contributed by atoms with Crippen LogP contribution in [0.2, 0.25) is 0 Å². The standard InChI is InChI=1S/C34H37N3O3.C2HF3O2/c1-5-34(6-2,22-24-12-8-7-9-13-24)37-33(38)30(20-25-16-19-31(39-3)32(21-25)40-4)36-29-18-17-26(23-35)27-14-10-11-15-28(27)29;3-2(4,5)1(6)7/h7-19,21,30,36H,5-6,20,22H2,1-4H3,(H,37,38);(H,6,7)/t30-;/m0./s1. The molecule has 0 unspecified atom stereocenters. The van der Waals surface area contributed by atoms with Gasteiger partial charge in [0.05, 0.1) is 25.9 Å². The fourth-order valence-electron chi connectivity index (χ4n) is 5.22. The number of hydrogen-bond acceptors (Lipinski definition) is 6. The number of halogens is 3. The predicted molar refractivity (Wildman–Crippen MR) is 175 cm³/mol. The summed E-state index contributed by atoms with van der Waals surface area (Å²) in [4.78, 5) is 23.0. The molecule has 0 heterocycles. The Morgan fingerprint density at radius 3 is 2.00 bits per heavy atom. The van der Waals surface area contributed by atoms with Crippen LogP contribution < -0.4 is 20.1 Å². The molecule has 0 radical (unpaired) electrons. The molecule has 0 saturated carbocycles. The highest BCUT2D eigenvalue weighted by molar-refractivity contribution is 5.99. The first-order valence-corrected chi connectivity index (χ1v) is 15.0. The molecule has 47 heavy (non-hydrogen) atoms. The van der Waals surface area contributed by atoms with Crippen LogP contribution in [-0.4, -0.2) is 49.0 Å². The molecule has 0 spiro atoms. The van der Waals surface area contributed by atoms with E-state index in [1.807, 2.05) is 66.7 Å². The predicted octanol–water partition coefficient (Wildman–Crippen LogP) is 7.30. The summed E-state index contributed by atoms with van der Waals surface area (Å²) >= 11 is 0. The molecular weight excluding hydrogens is 611 g/mol. The van der Waals surface area contributed by atoms with Gasteiger partial charge in [0.2, 0.25) is 5.91 Å². The molecule has 0 aliphatic heterocycles. The molecule has 4 aromatic rings. The molecule has 0 bridgehead atoms. The van der Waals surface area contributed by atoms with Gasteiger partial charge in [0.1, 0.15) is 6.04 Å². The molecule has 0 saturated heterocycles. The number of carbonyl (C=O) groups is 2. The summed E-state index contributed by atoms with van der Waals surface area (Å²) in [6.07, 6.45) is -2.31. The number of carboxylic acid groups (broad SMARTS) is 1.